The number of aryl methyl sites for hydroxylation is 1. The molecule has 0 bridgehead atoms. The van der Waals surface area contributed by atoms with Crippen LogP contribution in [0.5, 0.6) is 0 Å². The molecule has 0 unspecified atom stereocenters. The van der Waals surface area contributed by atoms with Crippen molar-refractivity contribution in [3.8, 4) is 0 Å². The number of aromatic nitrogens is 2. The molecular formula is C18H24N4O3S. The van der Waals surface area contributed by atoms with Gasteiger partial charge in [-0.1, -0.05) is 29.4 Å². The molecule has 2 aromatic rings. The summed E-state index contributed by atoms with van der Waals surface area (Å²) < 4.78 is 10.3. The van der Waals surface area contributed by atoms with E-state index in [0.29, 0.717) is 29.8 Å². The Morgan fingerprint density at radius 1 is 1.27 bits per heavy atom. The Kier molecular flexibility index (Phi) is 7.04. The Labute approximate surface area is 157 Å². The highest BCUT2D eigenvalue weighted by Crippen LogP contribution is 2.13. The van der Waals surface area contributed by atoms with E-state index in [1.54, 1.807) is 6.92 Å². The minimum atomic E-state index is 0.0105. The number of benzene rings is 1. The molecule has 0 spiro atoms. The zero-order chi connectivity index (χ0) is 18.2. The molecule has 0 saturated carbocycles. The van der Waals surface area contributed by atoms with Crippen LogP contribution in [-0.4, -0.2) is 53.0 Å². The highest BCUT2D eigenvalue weighted by molar-refractivity contribution is 7.99. The van der Waals surface area contributed by atoms with Crippen molar-refractivity contribution in [1.29, 1.82) is 0 Å². The van der Waals surface area contributed by atoms with Crippen molar-refractivity contribution in [1.82, 2.24) is 20.4 Å². The lowest BCUT2D eigenvalue weighted by Crippen LogP contribution is -2.36. The van der Waals surface area contributed by atoms with Gasteiger partial charge in [0.25, 0.3) is 0 Å². The summed E-state index contributed by atoms with van der Waals surface area (Å²) in [6, 6.07) is 8.26. The van der Waals surface area contributed by atoms with E-state index in [9.17, 15) is 4.79 Å². The van der Waals surface area contributed by atoms with E-state index in [0.717, 1.165) is 38.4 Å². The van der Waals surface area contributed by atoms with Crippen LogP contribution in [0.1, 0.15) is 22.8 Å². The van der Waals surface area contributed by atoms with Crippen molar-refractivity contribution >= 4 is 17.7 Å². The molecule has 1 fully saturated rings. The standard InChI is InChI=1S/C18H24N4O3S/c1-14-20-17(21-25-14)12-26-13-18(23)19-10-15-4-2-3-5-16(15)11-22-6-8-24-9-7-22/h2-5H,6-13H2,1H3,(H,19,23). The third-order valence-electron chi connectivity index (χ3n) is 4.13. The van der Waals surface area contributed by atoms with Gasteiger partial charge in [-0.05, 0) is 11.1 Å². The second-order valence-corrected chi connectivity index (χ2v) is 7.14. The molecule has 0 aliphatic carbocycles. The summed E-state index contributed by atoms with van der Waals surface area (Å²) in [4.78, 5) is 18.6. The van der Waals surface area contributed by atoms with Crippen molar-refractivity contribution in [2.45, 2.75) is 25.8 Å². The van der Waals surface area contributed by atoms with E-state index in [4.69, 9.17) is 9.26 Å². The molecule has 1 aliphatic rings. The van der Waals surface area contributed by atoms with Crippen LogP contribution in [0.2, 0.25) is 0 Å². The predicted octanol–water partition coefficient (Wildman–Crippen LogP) is 1.76. The van der Waals surface area contributed by atoms with Crippen molar-refractivity contribution < 1.29 is 14.1 Å². The molecule has 7 nitrogen and oxygen atoms in total. The van der Waals surface area contributed by atoms with E-state index in [2.05, 4.69) is 32.5 Å². The average molecular weight is 376 g/mol. The number of hydrogen-bond donors (Lipinski definition) is 1. The molecule has 1 aromatic heterocycles. The number of carbonyl (C=O) groups excluding carboxylic acids is 1. The van der Waals surface area contributed by atoms with Gasteiger partial charge in [-0.15, -0.1) is 11.8 Å². The van der Waals surface area contributed by atoms with E-state index < -0.39 is 0 Å². The van der Waals surface area contributed by atoms with E-state index in [1.807, 2.05) is 12.1 Å². The van der Waals surface area contributed by atoms with Crippen molar-refractivity contribution in [3.05, 3.63) is 47.1 Å². The summed E-state index contributed by atoms with van der Waals surface area (Å²) in [6.07, 6.45) is 0. The van der Waals surface area contributed by atoms with Crippen LogP contribution >= 0.6 is 11.8 Å². The fourth-order valence-electron chi connectivity index (χ4n) is 2.76. The Balaban J connectivity index is 1.44. The summed E-state index contributed by atoms with van der Waals surface area (Å²) in [5, 5.41) is 6.82. The third-order valence-corrected chi connectivity index (χ3v) is 5.05. The topological polar surface area (TPSA) is 80.5 Å². The molecular weight excluding hydrogens is 352 g/mol. The predicted molar refractivity (Wildman–Crippen MR) is 99.6 cm³/mol. The van der Waals surface area contributed by atoms with Crippen LogP contribution < -0.4 is 5.32 Å². The maximum absolute atomic E-state index is 12.1. The molecule has 140 valence electrons. The molecule has 1 saturated heterocycles. The summed E-state index contributed by atoms with van der Waals surface area (Å²) in [5.41, 5.74) is 2.41. The van der Waals surface area contributed by atoms with E-state index in [-0.39, 0.29) is 5.91 Å². The van der Waals surface area contributed by atoms with Gasteiger partial charge >= 0.3 is 0 Å². The number of nitrogens with zero attached hydrogens (tertiary/aromatic N) is 3. The molecule has 0 atom stereocenters. The van der Waals surface area contributed by atoms with Crippen LogP contribution in [0.3, 0.4) is 0 Å². The summed E-state index contributed by atoms with van der Waals surface area (Å²) in [7, 11) is 0. The second kappa shape index (κ2) is 9.70. The SMILES string of the molecule is Cc1nc(CSCC(=O)NCc2ccccc2CN2CCOCC2)no1. The first kappa shape index (κ1) is 18.9. The first-order valence-corrected chi connectivity index (χ1v) is 9.86. The Bertz CT molecular complexity index is 716. The van der Waals surface area contributed by atoms with Crippen molar-refractivity contribution in [2.75, 3.05) is 32.1 Å². The molecule has 1 amide bonds. The number of hydrogen-bond acceptors (Lipinski definition) is 7. The van der Waals surface area contributed by atoms with Gasteiger partial charge < -0.3 is 14.6 Å². The summed E-state index contributed by atoms with van der Waals surface area (Å²) >= 11 is 1.48. The number of amides is 1. The molecule has 26 heavy (non-hydrogen) atoms. The van der Waals surface area contributed by atoms with Crippen LogP contribution in [0.15, 0.2) is 28.8 Å². The van der Waals surface area contributed by atoms with Crippen LogP contribution in [0.25, 0.3) is 0 Å². The molecule has 1 aliphatic heterocycles. The normalized spacial score (nSPS) is 15.1. The fraction of sp³-hybridized carbons (Fsp3) is 0.500. The smallest absolute Gasteiger partial charge is 0.230 e. The maximum Gasteiger partial charge on any atom is 0.230 e. The highest BCUT2D eigenvalue weighted by atomic mass is 32.2. The number of morpholine rings is 1. The molecule has 0 radical (unpaired) electrons. The minimum absolute atomic E-state index is 0.0105. The van der Waals surface area contributed by atoms with Gasteiger partial charge in [0.1, 0.15) is 0 Å². The van der Waals surface area contributed by atoms with Crippen molar-refractivity contribution in [3.63, 3.8) is 0 Å². The lowest BCUT2D eigenvalue weighted by Gasteiger charge is -2.27. The number of ether oxygens (including phenoxy) is 1. The van der Waals surface area contributed by atoms with Crippen LogP contribution in [0.4, 0.5) is 0 Å². The average Bonchev–Trinajstić information content (AvgIpc) is 3.07. The monoisotopic (exact) mass is 376 g/mol. The Hall–Kier alpha value is -1.90. The van der Waals surface area contributed by atoms with E-state index >= 15 is 0 Å². The number of nitrogens with one attached hydrogen (secondary N) is 1. The Morgan fingerprint density at radius 2 is 2.04 bits per heavy atom. The third kappa shape index (κ3) is 5.82. The van der Waals surface area contributed by atoms with Gasteiger partial charge in [0.2, 0.25) is 11.8 Å². The molecule has 2 heterocycles. The lowest BCUT2D eigenvalue weighted by atomic mass is 10.1. The summed E-state index contributed by atoms with van der Waals surface area (Å²) in [6.45, 7) is 6.66. The van der Waals surface area contributed by atoms with Crippen LogP contribution in [0, 0.1) is 6.92 Å². The number of rotatable bonds is 8. The fourth-order valence-corrected chi connectivity index (χ4v) is 3.45. The molecule has 3 rings (SSSR count). The molecule has 1 aromatic carbocycles. The van der Waals surface area contributed by atoms with Gasteiger partial charge in [-0.3, -0.25) is 9.69 Å². The van der Waals surface area contributed by atoms with Gasteiger partial charge in [0.15, 0.2) is 5.82 Å². The van der Waals surface area contributed by atoms with Gasteiger partial charge in [-0.2, -0.15) is 4.98 Å². The van der Waals surface area contributed by atoms with Crippen molar-refractivity contribution in [2.24, 2.45) is 0 Å². The number of thioether (sulfide) groups is 1. The largest absolute Gasteiger partial charge is 0.379 e. The molecule has 8 heteroatoms. The maximum atomic E-state index is 12.1. The number of carbonyl (C=O) groups is 1. The zero-order valence-electron chi connectivity index (χ0n) is 14.9. The second-order valence-electron chi connectivity index (χ2n) is 6.16. The first-order chi connectivity index (χ1) is 12.7. The molecule has 1 N–H and O–H groups in total. The minimum Gasteiger partial charge on any atom is -0.379 e. The van der Waals surface area contributed by atoms with Crippen LogP contribution in [-0.2, 0) is 28.4 Å². The highest BCUT2D eigenvalue weighted by Gasteiger charge is 2.13. The quantitative estimate of drug-likeness (QED) is 0.752. The first-order valence-electron chi connectivity index (χ1n) is 8.71. The Morgan fingerprint density at radius 3 is 2.77 bits per heavy atom. The van der Waals surface area contributed by atoms with Gasteiger partial charge in [0, 0.05) is 33.1 Å². The lowest BCUT2D eigenvalue weighted by molar-refractivity contribution is -0.118. The van der Waals surface area contributed by atoms with Gasteiger partial charge in [0.05, 0.1) is 24.7 Å². The van der Waals surface area contributed by atoms with Gasteiger partial charge in [-0.25, -0.2) is 0 Å². The zero-order valence-corrected chi connectivity index (χ0v) is 15.8. The summed E-state index contributed by atoms with van der Waals surface area (Å²) in [5.74, 6) is 2.12. The van der Waals surface area contributed by atoms with E-state index in [1.165, 1.54) is 17.3 Å².